The van der Waals surface area contributed by atoms with Crippen molar-refractivity contribution in [3.05, 3.63) is 18.7 Å². The highest BCUT2D eigenvalue weighted by Crippen LogP contribution is 2.72. The number of rotatable bonds is 2. The van der Waals surface area contributed by atoms with E-state index < -0.39 is 7.20 Å². The Balaban J connectivity index is 2.20. The third-order valence-electron chi connectivity index (χ3n) is 2.40. The van der Waals surface area contributed by atoms with Crippen LogP contribution in [0.2, 0.25) is 0 Å². The third-order valence-corrected chi connectivity index (χ3v) is 11.2. The second-order valence-electron chi connectivity index (χ2n) is 3.46. The molecule has 2 aromatic rings. The van der Waals surface area contributed by atoms with Crippen LogP contribution in [0.4, 0.5) is 0 Å². The number of thioether (sulfide) groups is 1. The Morgan fingerprint density at radius 2 is 2.40 bits per heavy atom. The third kappa shape index (κ3) is 1.66. The van der Waals surface area contributed by atoms with Crippen LogP contribution >= 0.6 is 40.2 Å². The van der Waals surface area contributed by atoms with Gasteiger partial charge in [0.2, 0.25) is 5.71 Å². The summed E-state index contributed by atoms with van der Waals surface area (Å²) in [4.78, 5) is 8.58. The van der Waals surface area contributed by atoms with Gasteiger partial charge in [0, 0.05) is 5.75 Å². The van der Waals surface area contributed by atoms with Gasteiger partial charge < -0.3 is 4.42 Å². The van der Waals surface area contributed by atoms with Crippen molar-refractivity contribution in [2.24, 2.45) is 0 Å². The standard InChI is InChI=1S/C9H9IN2OS2/c1-15(10,7-4-14-7)9-6-2-3-13-8(6)11-5-12-9/h2-3,5,7H,4H2,1H3. The van der Waals surface area contributed by atoms with Crippen LogP contribution < -0.4 is 0 Å². The van der Waals surface area contributed by atoms with Crippen LogP contribution in [0.5, 0.6) is 0 Å². The molecule has 3 rings (SSSR count). The van der Waals surface area contributed by atoms with Crippen LogP contribution in [0.1, 0.15) is 0 Å². The summed E-state index contributed by atoms with van der Waals surface area (Å²) in [5, 5.41) is 2.26. The summed E-state index contributed by atoms with van der Waals surface area (Å²) in [6.45, 7) is 0. The summed E-state index contributed by atoms with van der Waals surface area (Å²) in [5.41, 5.74) is 0.709. The molecule has 2 aromatic heterocycles. The van der Waals surface area contributed by atoms with Crippen LogP contribution in [0, 0.1) is 0 Å². The number of hydrogen-bond donors (Lipinski definition) is 0. The summed E-state index contributed by atoms with van der Waals surface area (Å²) < 4.78 is 6.06. The van der Waals surface area contributed by atoms with E-state index in [4.69, 9.17) is 4.42 Å². The lowest BCUT2D eigenvalue weighted by molar-refractivity contribution is 0.601. The zero-order valence-corrected chi connectivity index (χ0v) is 11.8. The van der Waals surface area contributed by atoms with Gasteiger partial charge in [-0.25, -0.2) is 9.97 Å². The Bertz CT molecular complexity index is 510. The van der Waals surface area contributed by atoms with Crippen molar-refractivity contribution in [2.45, 2.75) is 9.61 Å². The second kappa shape index (κ2) is 3.53. The van der Waals surface area contributed by atoms with Crippen LogP contribution in [-0.2, 0) is 0 Å². The Morgan fingerprint density at radius 1 is 1.60 bits per heavy atom. The first-order chi connectivity index (χ1) is 7.19. The number of aromatic nitrogens is 2. The quantitative estimate of drug-likeness (QED) is 0.472. The van der Waals surface area contributed by atoms with Crippen molar-refractivity contribution in [2.75, 3.05) is 12.0 Å². The molecular formula is C9H9IN2OS2. The molecule has 1 fully saturated rings. The summed E-state index contributed by atoms with van der Waals surface area (Å²) in [5.74, 6) is 1.26. The summed E-state index contributed by atoms with van der Waals surface area (Å²) >= 11 is 4.59. The molecule has 2 unspecified atom stereocenters. The van der Waals surface area contributed by atoms with E-state index in [-0.39, 0.29) is 0 Å². The first kappa shape index (κ1) is 10.2. The van der Waals surface area contributed by atoms with Crippen LogP contribution in [0.15, 0.2) is 28.1 Å². The minimum Gasteiger partial charge on any atom is -0.446 e. The van der Waals surface area contributed by atoms with Gasteiger partial charge in [-0.2, -0.15) is 0 Å². The molecule has 1 aliphatic rings. The smallest absolute Gasteiger partial charge is 0.230 e. The molecule has 1 aliphatic heterocycles. The normalized spacial score (nSPS) is 26.1. The van der Waals surface area contributed by atoms with E-state index in [1.807, 2.05) is 17.8 Å². The van der Waals surface area contributed by atoms with Gasteiger partial charge in [0.15, 0.2) is 0 Å². The van der Waals surface area contributed by atoms with E-state index in [1.165, 1.54) is 10.8 Å². The minimum absolute atomic E-state index is 0.709. The topological polar surface area (TPSA) is 38.9 Å². The lowest BCUT2D eigenvalue weighted by atomic mass is 10.4. The van der Waals surface area contributed by atoms with Crippen molar-refractivity contribution in [1.82, 2.24) is 9.97 Å². The van der Waals surface area contributed by atoms with E-state index in [0.717, 1.165) is 9.97 Å². The van der Waals surface area contributed by atoms with E-state index in [9.17, 15) is 0 Å². The van der Waals surface area contributed by atoms with Gasteiger partial charge in [-0.05, 0) is 33.5 Å². The van der Waals surface area contributed by atoms with Crippen molar-refractivity contribution >= 4 is 51.3 Å². The minimum atomic E-state index is -0.840. The van der Waals surface area contributed by atoms with Gasteiger partial charge >= 0.3 is 0 Å². The molecule has 0 aromatic carbocycles. The van der Waals surface area contributed by atoms with Crippen molar-refractivity contribution < 1.29 is 4.42 Å². The number of furan rings is 1. The van der Waals surface area contributed by atoms with Crippen LogP contribution in [0.3, 0.4) is 0 Å². The Labute approximate surface area is 105 Å². The zero-order valence-electron chi connectivity index (χ0n) is 8.01. The molecule has 0 bridgehead atoms. The number of nitrogens with zero attached hydrogens (tertiary/aromatic N) is 2. The summed E-state index contributed by atoms with van der Waals surface area (Å²) in [6.07, 6.45) is 5.61. The molecule has 0 saturated carbocycles. The highest BCUT2D eigenvalue weighted by molar-refractivity contribution is 14.2. The molecule has 6 heteroatoms. The van der Waals surface area contributed by atoms with E-state index in [2.05, 4.69) is 37.4 Å². The molecule has 0 spiro atoms. The molecular weight excluding hydrogens is 343 g/mol. The average molecular weight is 352 g/mol. The van der Waals surface area contributed by atoms with Gasteiger partial charge in [-0.1, -0.05) is 0 Å². The fourth-order valence-corrected chi connectivity index (χ4v) is 8.92. The highest BCUT2D eigenvalue weighted by atomic mass is 127. The van der Waals surface area contributed by atoms with Gasteiger partial charge in [-0.15, -0.1) is 19.0 Å². The fraction of sp³-hybridized carbons (Fsp3) is 0.333. The predicted molar refractivity (Wildman–Crippen MR) is 73.9 cm³/mol. The maximum atomic E-state index is 5.31. The van der Waals surface area contributed by atoms with Crippen molar-refractivity contribution in [3.63, 3.8) is 0 Å². The van der Waals surface area contributed by atoms with Crippen molar-refractivity contribution in [1.29, 1.82) is 0 Å². The van der Waals surface area contributed by atoms with Gasteiger partial charge in [0.25, 0.3) is 0 Å². The maximum Gasteiger partial charge on any atom is 0.230 e. The molecule has 3 heterocycles. The summed E-state index contributed by atoms with van der Waals surface area (Å²) in [7, 11) is -0.840. The Morgan fingerprint density at radius 3 is 3.13 bits per heavy atom. The summed E-state index contributed by atoms with van der Waals surface area (Å²) in [6, 6.07) is 1.97. The van der Waals surface area contributed by atoms with Crippen LogP contribution in [-0.4, -0.2) is 26.6 Å². The van der Waals surface area contributed by atoms with E-state index >= 15 is 0 Å². The van der Waals surface area contributed by atoms with E-state index in [0.29, 0.717) is 5.71 Å². The number of halogens is 1. The number of hydrogen-bond acceptors (Lipinski definition) is 4. The largest absolute Gasteiger partial charge is 0.446 e. The Hall–Kier alpha value is 0.0500. The zero-order chi connectivity index (χ0) is 10.5. The SMILES string of the molecule is CS(I)(c1ncnc2occc12)C1CS1. The van der Waals surface area contributed by atoms with Crippen LogP contribution in [0.25, 0.3) is 11.1 Å². The number of fused-ring (bicyclic) bond motifs is 1. The monoisotopic (exact) mass is 352 g/mol. The average Bonchev–Trinajstić information content (AvgIpc) is 2.97. The lowest BCUT2D eigenvalue weighted by Gasteiger charge is -2.26. The second-order valence-corrected chi connectivity index (χ2v) is 13.2. The molecule has 3 nitrogen and oxygen atoms in total. The molecule has 0 N–H and O–H groups in total. The molecule has 0 aliphatic carbocycles. The van der Waals surface area contributed by atoms with Gasteiger partial charge in [-0.3, -0.25) is 0 Å². The highest BCUT2D eigenvalue weighted by Gasteiger charge is 2.40. The molecule has 0 radical (unpaired) electrons. The first-order valence-corrected chi connectivity index (χ1v) is 10.2. The first-order valence-electron chi connectivity index (χ1n) is 4.46. The molecule has 0 amide bonds. The van der Waals surface area contributed by atoms with Gasteiger partial charge in [0.1, 0.15) is 11.4 Å². The molecule has 15 heavy (non-hydrogen) atoms. The predicted octanol–water partition coefficient (Wildman–Crippen LogP) is 3.44. The molecule has 1 saturated heterocycles. The lowest BCUT2D eigenvalue weighted by Crippen LogP contribution is -2.00. The van der Waals surface area contributed by atoms with Gasteiger partial charge in [0.05, 0.1) is 16.2 Å². The fourth-order valence-electron chi connectivity index (χ4n) is 1.50. The maximum absolute atomic E-state index is 5.31. The molecule has 80 valence electrons. The Kier molecular flexibility index (Phi) is 2.40. The molecule has 2 atom stereocenters. The van der Waals surface area contributed by atoms with Crippen molar-refractivity contribution in [3.8, 4) is 0 Å². The van der Waals surface area contributed by atoms with E-state index in [1.54, 1.807) is 12.6 Å².